The molecule has 1 N–H and O–H groups in total. The molecule has 1 aliphatic rings. The maximum Gasteiger partial charge on any atom is 0.162 e. The Hall–Kier alpha value is -1.64. The minimum atomic E-state index is -0.395. The van der Waals surface area contributed by atoms with Crippen molar-refractivity contribution in [2.45, 2.75) is 51.0 Å². The summed E-state index contributed by atoms with van der Waals surface area (Å²) >= 11 is 5.84. The number of ketones is 1. The highest BCUT2D eigenvalue weighted by Gasteiger charge is 2.19. The molecule has 3 heteroatoms. The second-order valence-corrected chi connectivity index (χ2v) is 7.51. The van der Waals surface area contributed by atoms with E-state index in [2.05, 4.69) is 24.3 Å². The normalized spacial score (nSPS) is 17.8. The molecule has 0 bridgehead atoms. The van der Waals surface area contributed by atoms with Crippen molar-refractivity contribution in [1.29, 1.82) is 0 Å². The zero-order valence-electron chi connectivity index (χ0n) is 14.5. The summed E-state index contributed by atoms with van der Waals surface area (Å²) in [7, 11) is 0. The summed E-state index contributed by atoms with van der Waals surface area (Å²) in [5, 5.41) is 10.9. The van der Waals surface area contributed by atoms with Crippen LogP contribution >= 0.6 is 11.6 Å². The van der Waals surface area contributed by atoms with Gasteiger partial charge in [-0.05, 0) is 79.8 Å². The third-order valence-electron chi connectivity index (χ3n) is 5.23. The highest BCUT2D eigenvalue weighted by molar-refractivity contribution is 6.30. The highest BCUT2D eigenvalue weighted by atomic mass is 35.5. The maximum atomic E-state index is 12.1. The average molecular weight is 357 g/mol. The highest BCUT2D eigenvalue weighted by Crippen LogP contribution is 2.29. The summed E-state index contributed by atoms with van der Waals surface area (Å²) in [6.07, 6.45) is 5.80. The molecule has 1 aliphatic carbocycles. The Morgan fingerprint density at radius 2 is 1.80 bits per heavy atom. The minimum absolute atomic E-state index is 0.0716. The van der Waals surface area contributed by atoms with Crippen LogP contribution in [0, 0.1) is 5.92 Å². The zero-order chi connectivity index (χ0) is 17.6. The molecule has 2 atom stereocenters. The topological polar surface area (TPSA) is 37.3 Å². The number of hydrogen-bond acceptors (Lipinski definition) is 2. The van der Waals surface area contributed by atoms with Crippen LogP contribution in [-0.4, -0.2) is 17.0 Å². The Morgan fingerprint density at radius 3 is 2.56 bits per heavy atom. The van der Waals surface area contributed by atoms with E-state index in [0.717, 1.165) is 25.7 Å². The number of carbonyl (C=O) groups is 1. The van der Waals surface area contributed by atoms with Gasteiger partial charge in [0.25, 0.3) is 0 Å². The van der Waals surface area contributed by atoms with Gasteiger partial charge in [-0.25, -0.2) is 0 Å². The molecule has 0 fully saturated rings. The first-order chi connectivity index (χ1) is 12.1. The number of carbonyl (C=O) groups excluding carboxylic acids is 1. The molecule has 0 spiro atoms. The van der Waals surface area contributed by atoms with Gasteiger partial charge in [0.15, 0.2) is 5.78 Å². The Morgan fingerprint density at radius 1 is 1.08 bits per heavy atom. The lowest BCUT2D eigenvalue weighted by Crippen LogP contribution is -2.17. The lowest BCUT2D eigenvalue weighted by atomic mass is 9.81. The number of benzene rings is 2. The van der Waals surface area contributed by atoms with E-state index < -0.39 is 6.10 Å². The van der Waals surface area contributed by atoms with Gasteiger partial charge in [0.2, 0.25) is 0 Å². The van der Waals surface area contributed by atoms with Gasteiger partial charge < -0.3 is 5.11 Å². The second kappa shape index (κ2) is 8.64. The average Bonchev–Trinajstić information content (AvgIpc) is 2.65. The van der Waals surface area contributed by atoms with Crippen LogP contribution in [0.4, 0.5) is 0 Å². The summed E-state index contributed by atoms with van der Waals surface area (Å²) < 4.78 is 0. The largest absolute Gasteiger partial charge is 0.393 e. The van der Waals surface area contributed by atoms with Crippen LogP contribution < -0.4 is 0 Å². The van der Waals surface area contributed by atoms with Gasteiger partial charge in [0.1, 0.15) is 0 Å². The number of Topliss-reactive ketones (excluding diaryl/α,β-unsaturated/α-hetero) is 1. The van der Waals surface area contributed by atoms with Crippen molar-refractivity contribution in [2.24, 2.45) is 5.92 Å². The molecule has 0 saturated heterocycles. The second-order valence-electron chi connectivity index (χ2n) is 7.08. The van der Waals surface area contributed by atoms with Crippen LogP contribution in [0.1, 0.15) is 53.6 Å². The van der Waals surface area contributed by atoms with Crippen molar-refractivity contribution >= 4 is 17.4 Å². The SMILES string of the molecule is O=C(CCC(O)CCC1CCc2ccccc2C1)c1ccc(Cl)cc1. The molecule has 0 saturated carbocycles. The van der Waals surface area contributed by atoms with Crippen molar-refractivity contribution in [3.8, 4) is 0 Å². The smallest absolute Gasteiger partial charge is 0.162 e. The van der Waals surface area contributed by atoms with Gasteiger partial charge in [-0.1, -0.05) is 35.9 Å². The number of aliphatic hydroxyl groups is 1. The molecule has 0 amide bonds. The fourth-order valence-electron chi connectivity index (χ4n) is 3.67. The first-order valence-electron chi connectivity index (χ1n) is 9.15. The fraction of sp³-hybridized carbons (Fsp3) is 0.409. The maximum absolute atomic E-state index is 12.1. The predicted molar refractivity (Wildman–Crippen MR) is 102 cm³/mol. The molecule has 0 radical (unpaired) electrons. The zero-order valence-corrected chi connectivity index (χ0v) is 15.2. The van der Waals surface area contributed by atoms with Crippen LogP contribution in [0.2, 0.25) is 5.02 Å². The molecule has 2 unspecified atom stereocenters. The molecule has 132 valence electrons. The lowest BCUT2D eigenvalue weighted by molar-refractivity contribution is 0.0925. The molecule has 2 aromatic rings. The predicted octanol–water partition coefficient (Wildman–Crippen LogP) is 5.25. The van der Waals surface area contributed by atoms with Gasteiger partial charge >= 0.3 is 0 Å². The van der Waals surface area contributed by atoms with Crippen LogP contribution in [0.25, 0.3) is 0 Å². The lowest BCUT2D eigenvalue weighted by Gasteiger charge is -2.25. The van der Waals surface area contributed by atoms with Crippen LogP contribution in [-0.2, 0) is 12.8 Å². The van der Waals surface area contributed by atoms with E-state index in [1.165, 1.54) is 17.5 Å². The number of aliphatic hydroxyl groups excluding tert-OH is 1. The van der Waals surface area contributed by atoms with Crippen LogP contribution in [0.3, 0.4) is 0 Å². The van der Waals surface area contributed by atoms with E-state index in [-0.39, 0.29) is 5.78 Å². The summed E-state index contributed by atoms with van der Waals surface area (Å²) in [5.74, 6) is 0.721. The number of fused-ring (bicyclic) bond motifs is 1. The molecule has 3 rings (SSSR count). The quantitative estimate of drug-likeness (QED) is 0.688. The van der Waals surface area contributed by atoms with Gasteiger partial charge in [0, 0.05) is 17.0 Å². The van der Waals surface area contributed by atoms with Gasteiger partial charge in [-0.15, -0.1) is 0 Å². The number of hydrogen-bond donors (Lipinski definition) is 1. The van der Waals surface area contributed by atoms with Crippen LogP contribution in [0.15, 0.2) is 48.5 Å². The van der Waals surface area contributed by atoms with Crippen molar-refractivity contribution in [2.75, 3.05) is 0 Å². The molecule has 0 heterocycles. The first kappa shape index (κ1) is 18.2. The van der Waals surface area contributed by atoms with Gasteiger partial charge in [0.05, 0.1) is 6.10 Å². The molecular weight excluding hydrogens is 332 g/mol. The first-order valence-corrected chi connectivity index (χ1v) is 9.53. The third kappa shape index (κ3) is 5.17. The minimum Gasteiger partial charge on any atom is -0.393 e. The monoisotopic (exact) mass is 356 g/mol. The molecule has 25 heavy (non-hydrogen) atoms. The van der Waals surface area contributed by atoms with E-state index in [1.807, 2.05) is 0 Å². The van der Waals surface area contributed by atoms with Crippen LogP contribution in [0.5, 0.6) is 0 Å². The Kier molecular flexibility index (Phi) is 6.28. The number of rotatable bonds is 7. The number of halogens is 1. The Balaban J connectivity index is 1.40. The van der Waals surface area contributed by atoms with E-state index in [1.54, 1.807) is 24.3 Å². The summed E-state index contributed by atoms with van der Waals surface area (Å²) in [6.45, 7) is 0. The molecule has 2 aromatic carbocycles. The molecule has 0 aliphatic heterocycles. The molecule has 0 aromatic heterocycles. The molecular formula is C22H25ClO2. The van der Waals surface area contributed by atoms with Gasteiger partial charge in [-0.2, -0.15) is 0 Å². The van der Waals surface area contributed by atoms with E-state index >= 15 is 0 Å². The summed E-state index contributed by atoms with van der Waals surface area (Å²) in [4.78, 5) is 12.1. The van der Waals surface area contributed by atoms with E-state index in [9.17, 15) is 9.90 Å². The van der Waals surface area contributed by atoms with Gasteiger partial charge in [-0.3, -0.25) is 4.79 Å². The Labute approximate surface area is 154 Å². The fourth-order valence-corrected chi connectivity index (χ4v) is 3.80. The Bertz CT molecular complexity index is 708. The van der Waals surface area contributed by atoms with Crippen molar-refractivity contribution in [1.82, 2.24) is 0 Å². The summed E-state index contributed by atoms with van der Waals surface area (Å²) in [5.41, 5.74) is 3.61. The van der Waals surface area contributed by atoms with Crippen molar-refractivity contribution in [3.05, 3.63) is 70.2 Å². The van der Waals surface area contributed by atoms with E-state index in [4.69, 9.17) is 11.6 Å². The van der Waals surface area contributed by atoms with E-state index in [0.29, 0.717) is 29.3 Å². The standard InChI is InChI=1S/C22H25ClO2/c23-20-10-8-18(9-11-20)22(25)14-13-21(24)12-6-16-5-7-17-3-1-2-4-19(17)15-16/h1-4,8-11,16,21,24H,5-7,12-15H2. The molecule has 2 nitrogen and oxygen atoms in total. The number of aryl methyl sites for hydroxylation is 1. The summed E-state index contributed by atoms with van der Waals surface area (Å²) in [6, 6.07) is 15.6. The third-order valence-corrected chi connectivity index (χ3v) is 5.48. The van der Waals surface area contributed by atoms with Crippen molar-refractivity contribution in [3.63, 3.8) is 0 Å². The van der Waals surface area contributed by atoms with Crippen molar-refractivity contribution < 1.29 is 9.90 Å².